The maximum absolute atomic E-state index is 13.9. The summed E-state index contributed by atoms with van der Waals surface area (Å²) in [6.45, 7) is 6.63. The number of pyridine rings is 1. The molecule has 11 nitrogen and oxygen atoms in total. The van der Waals surface area contributed by atoms with Gasteiger partial charge in [-0.05, 0) is 58.4 Å². The minimum Gasteiger partial charge on any atom is -0.476 e. The smallest absolute Gasteiger partial charge is 0.268 e. The fraction of sp³-hybridized carbons (Fsp3) is 0.538. The Hall–Kier alpha value is -2.77. The molecule has 16 heteroatoms. The van der Waals surface area contributed by atoms with Crippen molar-refractivity contribution in [3.05, 3.63) is 42.4 Å². The number of amides is 1. The zero-order chi connectivity index (χ0) is 30.7. The van der Waals surface area contributed by atoms with Crippen LogP contribution in [0.4, 0.5) is 14.6 Å². The number of carbonyl (C=O) groups excluding carboxylic acids is 1. The van der Waals surface area contributed by atoms with Crippen molar-refractivity contribution in [2.75, 3.05) is 24.3 Å². The van der Waals surface area contributed by atoms with E-state index in [0.29, 0.717) is 31.0 Å². The lowest BCUT2D eigenvalue weighted by atomic mass is 9.97. The number of hydrogen-bond acceptors (Lipinski definition) is 9. The predicted octanol–water partition coefficient (Wildman–Crippen LogP) is 3.86. The molecule has 1 saturated carbocycles. The van der Waals surface area contributed by atoms with Crippen molar-refractivity contribution in [2.24, 2.45) is 12.5 Å². The number of nitrogens with one attached hydrogen (secondary N) is 1. The normalized spacial score (nSPS) is 21.4. The van der Waals surface area contributed by atoms with E-state index < -0.39 is 32.5 Å². The van der Waals surface area contributed by atoms with Gasteiger partial charge in [0.25, 0.3) is 21.6 Å². The molecule has 2 atom stereocenters. The molecule has 0 aromatic carbocycles. The molecule has 1 unspecified atom stereocenters. The average molecular weight is 642 g/mol. The number of sulfonamides is 1. The molecule has 228 valence electrons. The number of thioether (sulfide) groups is 1. The number of halogens is 2. The Balaban J connectivity index is 1.47. The molecule has 1 aliphatic heterocycles. The summed E-state index contributed by atoms with van der Waals surface area (Å²) in [4.78, 5) is 20.1. The summed E-state index contributed by atoms with van der Waals surface area (Å²) in [5.41, 5.74) is -4.47. The Morgan fingerprint density at radius 2 is 1.95 bits per heavy atom. The number of hydrogen-bond donors (Lipinski definition) is 1. The van der Waals surface area contributed by atoms with Crippen molar-refractivity contribution in [1.82, 2.24) is 29.3 Å². The highest BCUT2D eigenvalue weighted by Gasteiger charge is 2.60. The van der Waals surface area contributed by atoms with Gasteiger partial charge in [0.05, 0.1) is 17.2 Å². The summed E-state index contributed by atoms with van der Waals surface area (Å²) in [7, 11) is -1.01. The van der Waals surface area contributed by atoms with Crippen LogP contribution in [0.15, 0.2) is 41.7 Å². The number of ether oxygens (including phenoxy) is 1. The molecule has 0 bridgehead atoms. The van der Waals surface area contributed by atoms with Crippen molar-refractivity contribution in [3.8, 4) is 11.7 Å². The van der Waals surface area contributed by atoms with Gasteiger partial charge in [0.15, 0.2) is 5.82 Å². The van der Waals surface area contributed by atoms with E-state index in [4.69, 9.17) is 9.72 Å². The molecule has 0 spiro atoms. The molecule has 0 radical (unpaired) electrons. The Kier molecular flexibility index (Phi) is 7.63. The molecule has 2 fully saturated rings. The average Bonchev–Trinajstić information content (AvgIpc) is 3.22. The van der Waals surface area contributed by atoms with Gasteiger partial charge in [0.1, 0.15) is 17.3 Å². The van der Waals surface area contributed by atoms with E-state index in [1.807, 2.05) is 25.0 Å². The topological polar surface area (TPSA) is 124 Å². The fourth-order valence-corrected chi connectivity index (χ4v) is 7.36. The number of alkyl halides is 2. The van der Waals surface area contributed by atoms with E-state index in [9.17, 15) is 22.0 Å². The van der Waals surface area contributed by atoms with E-state index in [0.717, 1.165) is 12.6 Å². The molecule has 2 aliphatic rings. The quantitative estimate of drug-likeness (QED) is 0.329. The maximum atomic E-state index is 13.9. The molecule has 42 heavy (non-hydrogen) atoms. The number of anilines is 1. The third kappa shape index (κ3) is 5.87. The van der Waals surface area contributed by atoms with Gasteiger partial charge in [-0.15, -0.1) is 5.10 Å². The zero-order valence-corrected chi connectivity index (χ0v) is 26.8. The lowest BCUT2D eigenvalue weighted by Crippen LogP contribution is -2.41. The maximum Gasteiger partial charge on any atom is 0.268 e. The molecular formula is C26H34F2N7O4PS2. The third-order valence-corrected chi connectivity index (χ3v) is 11.1. The number of carbonyl (C=O) groups is 1. The van der Waals surface area contributed by atoms with E-state index in [1.165, 1.54) is 21.6 Å². The van der Waals surface area contributed by atoms with Gasteiger partial charge in [-0.25, -0.2) is 31.6 Å². The van der Waals surface area contributed by atoms with Crippen molar-refractivity contribution >= 4 is 42.8 Å². The second kappa shape index (κ2) is 10.4. The van der Waals surface area contributed by atoms with Crippen LogP contribution in [0.3, 0.4) is 0 Å². The molecule has 1 amide bonds. The van der Waals surface area contributed by atoms with Gasteiger partial charge in [-0.1, -0.05) is 9.24 Å². The summed E-state index contributed by atoms with van der Waals surface area (Å²) in [5, 5.41) is 8.25. The molecule has 3 aromatic rings. The van der Waals surface area contributed by atoms with Gasteiger partial charge in [0.2, 0.25) is 5.88 Å². The number of nitrogens with zero attached hydrogens (tertiary/aromatic N) is 6. The van der Waals surface area contributed by atoms with Crippen LogP contribution in [0.2, 0.25) is 0 Å². The highest BCUT2D eigenvalue weighted by atomic mass is 32.2. The molecule has 1 aliphatic carbocycles. The highest BCUT2D eigenvalue weighted by Crippen LogP contribution is 2.59. The van der Waals surface area contributed by atoms with Gasteiger partial charge in [0, 0.05) is 42.3 Å². The number of aryl methyl sites for hydroxylation is 1. The minimum absolute atomic E-state index is 0.0756. The predicted molar refractivity (Wildman–Crippen MR) is 159 cm³/mol. The summed E-state index contributed by atoms with van der Waals surface area (Å²) < 4.78 is 64.1. The van der Waals surface area contributed by atoms with Crippen LogP contribution in [-0.4, -0.2) is 74.2 Å². The summed E-state index contributed by atoms with van der Waals surface area (Å²) in [5.74, 6) is -0.0249. The van der Waals surface area contributed by atoms with Gasteiger partial charge < -0.3 is 9.64 Å². The third-order valence-electron chi connectivity index (χ3n) is 7.96. The Labute approximate surface area is 250 Å². The van der Waals surface area contributed by atoms with Crippen LogP contribution in [0, 0.1) is 5.41 Å². The molecule has 5 rings (SSSR count). The van der Waals surface area contributed by atoms with Gasteiger partial charge >= 0.3 is 0 Å². The summed E-state index contributed by atoms with van der Waals surface area (Å²) >= 11 is 1.71. The lowest BCUT2D eigenvalue weighted by Gasteiger charge is -2.33. The molecule has 1 N–H and O–H groups in total. The van der Waals surface area contributed by atoms with Crippen LogP contribution in [0.1, 0.15) is 50.4 Å². The lowest BCUT2D eigenvalue weighted by molar-refractivity contribution is -0.00452. The number of aromatic nitrogens is 5. The molecule has 1 saturated heterocycles. The SMILES string of the molecule is CS[C@@]1(C)CN(c2nc(-n3ccc(OCC4(C(F)(F)P)CC4)n3)ccc2C(=O)NS(=O)(=O)c2cnn(C)c2)C(C)(C)C1. The van der Waals surface area contributed by atoms with E-state index >= 15 is 0 Å². The van der Waals surface area contributed by atoms with E-state index in [1.54, 1.807) is 46.4 Å². The Bertz CT molecular complexity index is 1620. The van der Waals surface area contributed by atoms with Crippen molar-refractivity contribution in [1.29, 1.82) is 0 Å². The second-order valence-corrected chi connectivity index (χ2v) is 15.6. The highest BCUT2D eigenvalue weighted by molar-refractivity contribution is 8.00. The standard InChI is InChI=1S/C26H34F2N7O4PS2/c1-23(2)14-24(3,41-5)15-34(23)21-18(22(36)32-42(37,38)17-12-29-33(4)13-17)6-7-19(30-21)35-11-8-20(31-35)39-16-25(9-10-25)26(27,28)40/h6-8,11-13H,9-10,14-16,40H2,1-5H3,(H,32,36)/t24-/m1/s1. The van der Waals surface area contributed by atoms with E-state index in [-0.39, 0.29) is 27.7 Å². The van der Waals surface area contributed by atoms with Crippen LogP contribution in [-0.2, 0) is 17.1 Å². The van der Waals surface area contributed by atoms with Gasteiger partial charge in [-0.2, -0.15) is 16.9 Å². The first-order valence-electron chi connectivity index (χ1n) is 13.2. The van der Waals surface area contributed by atoms with Crippen LogP contribution < -0.4 is 14.4 Å². The largest absolute Gasteiger partial charge is 0.476 e. The zero-order valence-electron chi connectivity index (χ0n) is 24.0. The molecular weight excluding hydrogens is 607 g/mol. The minimum atomic E-state index is -4.19. The molecule has 3 aromatic heterocycles. The first kappa shape index (κ1) is 30.7. The van der Waals surface area contributed by atoms with E-state index in [2.05, 4.69) is 21.8 Å². The summed E-state index contributed by atoms with van der Waals surface area (Å²) in [6.07, 6.45) is 7.62. The van der Waals surface area contributed by atoms with Gasteiger partial charge in [-0.3, -0.25) is 9.48 Å². The monoisotopic (exact) mass is 641 g/mol. The Morgan fingerprint density at radius 1 is 1.24 bits per heavy atom. The van der Waals surface area contributed by atoms with Crippen LogP contribution >= 0.6 is 21.0 Å². The summed E-state index contributed by atoms with van der Waals surface area (Å²) in [6, 6.07) is 4.61. The van der Waals surface area contributed by atoms with Crippen molar-refractivity contribution < 1.29 is 26.7 Å². The first-order chi connectivity index (χ1) is 19.5. The number of rotatable bonds is 10. The second-order valence-electron chi connectivity index (χ2n) is 11.8. The fourth-order valence-electron chi connectivity index (χ4n) is 5.28. The Morgan fingerprint density at radius 3 is 2.52 bits per heavy atom. The van der Waals surface area contributed by atoms with Crippen molar-refractivity contribution in [2.45, 2.75) is 60.9 Å². The molecule has 4 heterocycles. The van der Waals surface area contributed by atoms with Crippen molar-refractivity contribution in [3.63, 3.8) is 0 Å². The van der Waals surface area contributed by atoms with Crippen LogP contribution in [0.25, 0.3) is 5.82 Å². The van der Waals surface area contributed by atoms with Crippen LogP contribution in [0.5, 0.6) is 5.88 Å². The first-order valence-corrected chi connectivity index (χ1v) is 16.5.